The van der Waals surface area contributed by atoms with Gasteiger partial charge >= 0.3 is 11.9 Å². The van der Waals surface area contributed by atoms with Crippen molar-refractivity contribution in [3.05, 3.63) is 57.0 Å². The van der Waals surface area contributed by atoms with Crippen LogP contribution in [0.15, 0.2) is 35.1 Å². The first-order chi connectivity index (χ1) is 13.8. The van der Waals surface area contributed by atoms with Gasteiger partial charge in [0.2, 0.25) is 11.5 Å². The molecule has 1 N–H and O–H groups in total. The molecule has 0 aliphatic carbocycles. The van der Waals surface area contributed by atoms with E-state index < -0.39 is 35.0 Å². The third-order valence-electron chi connectivity index (χ3n) is 3.72. The number of halogens is 1. The number of aryl methyl sites for hydroxylation is 1. The largest absolute Gasteiger partial charge is 0.464 e. The second kappa shape index (κ2) is 9.83. The van der Waals surface area contributed by atoms with E-state index >= 15 is 0 Å². The Morgan fingerprint density at radius 2 is 1.72 bits per heavy atom. The summed E-state index contributed by atoms with van der Waals surface area (Å²) in [4.78, 5) is 49.0. The van der Waals surface area contributed by atoms with Gasteiger partial charge in [-0.25, -0.2) is 14.3 Å². The maximum atomic E-state index is 12.6. The smallest absolute Gasteiger partial charge is 0.340 e. The van der Waals surface area contributed by atoms with Crippen LogP contribution in [0.25, 0.3) is 5.69 Å². The first-order valence-electron chi connectivity index (χ1n) is 8.80. The first kappa shape index (κ1) is 22.1. The number of amides is 1. The van der Waals surface area contributed by atoms with Gasteiger partial charge in [0, 0.05) is 11.8 Å². The Kier molecular flexibility index (Phi) is 7.49. The van der Waals surface area contributed by atoms with E-state index in [9.17, 15) is 19.2 Å². The molecule has 1 amide bonds. The van der Waals surface area contributed by atoms with Crippen LogP contribution in [0.1, 0.15) is 30.0 Å². The zero-order valence-corrected chi connectivity index (χ0v) is 16.9. The second-order valence-corrected chi connectivity index (χ2v) is 6.18. The summed E-state index contributed by atoms with van der Waals surface area (Å²) in [6.07, 6.45) is 0. The van der Waals surface area contributed by atoms with Crippen LogP contribution in [0.2, 0.25) is 5.02 Å². The van der Waals surface area contributed by atoms with E-state index in [-0.39, 0.29) is 13.2 Å². The highest BCUT2D eigenvalue weighted by molar-refractivity contribution is 6.32. The molecule has 2 rings (SSSR count). The monoisotopic (exact) mass is 421 g/mol. The van der Waals surface area contributed by atoms with Crippen LogP contribution in [-0.4, -0.2) is 46.9 Å². The van der Waals surface area contributed by atoms with Gasteiger partial charge in [0.15, 0.2) is 5.69 Å². The van der Waals surface area contributed by atoms with E-state index in [1.807, 2.05) is 0 Å². The second-order valence-electron chi connectivity index (χ2n) is 5.77. The average Bonchev–Trinajstić information content (AvgIpc) is 2.67. The van der Waals surface area contributed by atoms with Gasteiger partial charge in [-0.1, -0.05) is 23.7 Å². The number of hydrogen-bond donors (Lipinski definition) is 1. The lowest BCUT2D eigenvalue weighted by Crippen LogP contribution is -2.49. The molecule has 0 saturated carbocycles. The number of rotatable bonds is 7. The molecule has 10 heteroatoms. The molecule has 0 fully saturated rings. The van der Waals surface area contributed by atoms with Crippen LogP contribution in [0.4, 0.5) is 0 Å². The standard InChI is InChI=1S/C19H20ClN3O6/c1-4-28-18(26)16(19(27)29-5-2)21-17(25)15-14(24)10-11(3)23(22-15)13-9-7-6-8-12(13)20/h6-10,16H,4-5H2,1-3H3,(H,21,25). The third-order valence-corrected chi connectivity index (χ3v) is 4.04. The summed E-state index contributed by atoms with van der Waals surface area (Å²) >= 11 is 6.18. The number of ether oxygens (including phenoxy) is 2. The van der Waals surface area contributed by atoms with Crippen LogP contribution < -0.4 is 10.7 Å². The van der Waals surface area contributed by atoms with Crippen molar-refractivity contribution in [2.24, 2.45) is 0 Å². The zero-order valence-electron chi connectivity index (χ0n) is 16.1. The summed E-state index contributed by atoms with van der Waals surface area (Å²) in [5, 5.41) is 6.58. The number of carbonyl (C=O) groups is 3. The molecular weight excluding hydrogens is 402 g/mol. The highest BCUT2D eigenvalue weighted by atomic mass is 35.5. The predicted octanol–water partition coefficient (Wildman–Crippen LogP) is 1.42. The van der Waals surface area contributed by atoms with E-state index in [4.69, 9.17) is 21.1 Å². The highest BCUT2D eigenvalue weighted by Crippen LogP contribution is 2.19. The van der Waals surface area contributed by atoms with Crippen molar-refractivity contribution in [2.45, 2.75) is 26.8 Å². The Balaban J connectivity index is 2.42. The first-order valence-corrected chi connectivity index (χ1v) is 9.17. The van der Waals surface area contributed by atoms with Gasteiger partial charge in [0.25, 0.3) is 5.91 Å². The average molecular weight is 422 g/mol. The van der Waals surface area contributed by atoms with Crippen molar-refractivity contribution in [3.8, 4) is 5.69 Å². The van der Waals surface area contributed by atoms with Crippen molar-refractivity contribution < 1.29 is 23.9 Å². The number of benzene rings is 1. The fourth-order valence-corrected chi connectivity index (χ4v) is 2.65. The molecular formula is C19H20ClN3O6. The molecule has 0 radical (unpaired) electrons. The van der Waals surface area contributed by atoms with Crippen molar-refractivity contribution in [2.75, 3.05) is 13.2 Å². The maximum Gasteiger partial charge on any atom is 0.340 e. The molecule has 1 aromatic heterocycles. The predicted molar refractivity (Wildman–Crippen MR) is 104 cm³/mol. The summed E-state index contributed by atoms with van der Waals surface area (Å²) in [5.74, 6) is -3.03. The van der Waals surface area contributed by atoms with Gasteiger partial charge in [-0.3, -0.25) is 9.59 Å². The zero-order chi connectivity index (χ0) is 21.6. The molecule has 154 valence electrons. The summed E-state index contributed by atoms with van der Waals surface area (Å²) in [6, 6.07) is 6.22. The van der Waals surface area contributed by atoms with E-state index in [1.165, 1.54) is 10.7 Å². The number of nitrogens with one attached hydrogen (secondary N) is 1. The number of aromatic nitrogens is 2. The van der Waals surface area contributed by atoms with Crippen molar-refractivity contribution in [3.63, 3.8) is 0 Å². The minimum absolute atomic E-state index is 0.00724. The summed E-state index contributed by atoms with van der Waals surface area (Å²) in [5.41, 5.74) is -0.316. The van der Waals surface area contributed by atoms with E-state index in [1.54, 1.807) is 45.0 Å². The molecule has 2 aromatic rings. The third kappa shape index (κ3) is 5.20. The molecule has 29 heavy (non-hydrogen) atoms. The highest BCUT2D eigenvalue weighted by Gasteiger charge is 2.32. The van der Waals surface area contributed by atoms with E-state index in [0.717, 1.165) is 0 Å². The minimum Gasteiger partial charge on any atom is -0.464 e. The number of esters is 2. The maximum absolute atomic E-state index is 12.6. The molecule has 1 aromatic carbocycles. The van der Waals surface area contributed by atoms with Crippen LogP contribution in [0.5, 0.6) is 0 Å². The lowest BCUT2D eigenvalue weighted by Gasteiger charge is -2.16. The van der Waals surface area contributed by atoms with Crippen LogP contribution in [-0.2, 0) is 19.1 Å². The molecule has 1 heterocycles. The van der Waals surface area contributed by atoms with Gasteiger partial charge < -0.3 is 14.8 Å². The fourth-order valence-electron chi connectivity index (χ4n) is 2.44. The Hall–Kier alpha value is -3.20. The van der Waals surface area contributed by atoms with Crippen LogP contribution in [0, 0.1) is 6.92 Å². The van der Waals surface area contributed by atoms with E-state index in [0.29, 0.717) is 16.4 Å². The lowest BCUT2D eigenvalue weighted by atomic mass is 10.2. The Morgan fingerprint density at radius 3 is 2.28 bits per heavy atom. The number of para-hydroxylation sites is 1. The number of carbonyl (C=O) groups excluding carboxylic acids is 3. The number of hydrogen-bond acceptors (Lipinski definition) is 7. The fraction of sp³-hybridized carbons (Fsp3) is 0.316. The molecule has 0 aliphatic heterocycles. The summed E-state index contributed by atoms with van der Waals surface area (Å²) in [6.45, 7) is 4.70. The topological polar surface area (TPSA) is 117 Å². The minimum atomic E-state index is -1.72. The molecule has 0 atom stereocenters. The SMILES string of the molecule is CCOC(=O)C(NC(=O)c1nn(-c2ccccc2Cl)c(C)cc1=O)C(=O)OCC. The lowest BCUT2D eigenvalue weighted by molar-refractivity contribution is -0.157. The molecule has 0 aliphatic rings. The van der Waals surface area contributed by atoms with Gasteiger partial charge in [-0.2, -0.15) is 5.10 Å². The van der Waals surface area contributed by atoms with Crippen LogP contribution >= 0.6 is 11.6 Å². The van der Waals surface area contributed by atoms with Gasteiger partial charge in [0.05, 0.1) is 23.9 Å². The van der Waals surface area contributed by atoms with Gasteiger partial charge in [-0.05, 0) is 32.9 Å². The molecule has 0 bridgehead atoms. The van der Waals surface area contributed by atoms with Crippen molar-refractivity contribution >= 4 is 29.4 Å². The van der Waals surface area contributed by atoms with Crippen molar-refractivity contribution in [1.29, 1.82) is 0 Å². The molecule has 9 nitrogen and oxygen atoms in total. The molecule has 0 saturated heterocycles. The summed E-state index contributed by atoms with van der Waals surface area (Å²) < 4.78 is 10.9. The summed E-state index contributed by atoms with van der Waals surface area (Å²) in [7, 11) is 0. The quantitative estimate of drug-likeness (QED) is 0.530. The van der Waals surface area contributed by atoms with Gasteiger partial charge in [0.1, 0.15) is 0 Å². The molecule has 0 unspecified atom stereocenters. The number of nitrogens with zero attached hydrogens (tertiary/aromatic N) is 2. The normalized spacial score (nSPS) is 10.5. The van der Waals surface area contributed by atoms with E-state index in [2.05, 4.69) is 10.4 Å². The Labute approximate surface area is 171 Å². The van der Waals surface area contributed by atoms with Crippen molar-refractivity contribution in [1.82, 2.24) is 15.1 Å². The Bertz CT molecular complexity index is 970. The molecule has 0 spiro atoms. The Morgan fingerprint density at radius 1 is 1.14 bits per heavy atom. The van der Waals surface area contributed by atoms with Gasteiger partial charge in [-0.15, -0.1) is 0 Å². The van der Waals surface area contributed by atoms with Crippen LogP contribution in [0.3, 0.4) is 0 Å².